The fourth-order valence-corrected chi connectivity index (χ4v) is 2.76. The first-order valence-corrected chi connectivity index (χ1v) is 7.73. The standard InChI is InChI=1S/C15H18Cl3N3/c1-15(2,3)14-9(8-21(4)20-14)7-19-13-6-11(17)10(16)5-12(13)18/h5-6,8,19H,7H2,1-4H3. The highest BCUT2D eigenvalue weighted by molar-refractivity contribution is 6.44. The number of aryl methyl sites for hydroxylation is 1. The SMILES string of the molecule is Cn1cc(CNc2cc(Cl)c(Cl)cc2Cl)c(C(C)(C)C)n1. The number of hydrogen-bond acceptors (Lipinski definition) is 2. The van der Waals surface area contributed by atoms with Gasteiger partial charge in [-0.1, -0.05) is 55.6 Å². The second-order valence-corrected chi connectivity index (χ2v) is 7.25. The Hall–Kier alpha value is -0.900. The Kier molecular flexibility index (Phi) is 4.76. The first-order chi connectivity index (χ1) is 9.68. The van der Waals surface area contributed by atoms with Crippen molar-refractivity contribution in [3.8, 4) is 0 Å². The molecule has 0 radical (unpaired) electrons. The van der Waals surface area contributed by atoms with Gasteiger partial charge in [-0.3, -0.25) is 4.68 Å². The Balaban J connectivity index is 2.23. The summed E-state index contributed by atoms with van der Waals surface area (Å²) < 4.78 is 1.83. The van der Waals surface area contributed by atoms with E-state index < -0.39 is 0 Å². The molecule has 2 rings (SSSR count). The van der Waals surface area contributed by atoms with Crippen molar-refractivity contribution >= 4 is 40.5 Å². The summed E-state index contributed by atoms with van der Waals surface area (Å²) in [7, 11) is 1.92. The molecule has 1 aromatic carbocycles. The van der Waals surface area contributed by atoms with Gasteiger partial charge in [0.2, 0.25) is 0 Å². The van der Waals surface area contributed by atoms with E-state index in [2.05, 4.69) is 31.2 Å². The van der Waals surface area contributed by atoms with E-state index in [1.165, 1.54) is 0 Å². The van der Waals surface area contributed by atoms with Crippen LogP contribution in [-0.2, 0) is 19.0 Å². The molecule has 0 saturated carbocycles. The number of nitrogens with one attached hydrogen (secondary N) is 1. The van der Waals surface area contributed by atoms with Crippen LogP contribution in [0.25, 0.3) is 0 Å². The number of rotatable bonds is 3. The van der Waals surface area contributed by atoms with Crippen LogP contribution in [0.5, 0.6) is 0 Å². The van der Waals surface area contributed by atoms with Crippen molar-refractivity contribution in [2.75, 3.05) is 5.32 Å². The maximum Gasteiger partial charge on any atom is 0.0727 e. The first kappa shape index (κ1) is 16.5. The van der Waals surface area contributed by atoms with Gasteiger partial charge in [0.1, 0.15) is 0 Å². The average molecular weight is 347 g/mol. The Morgan fingerprint density at radius 3 is 2.33 bits per heavy atom. The van der Waals surface area contributed by atoms with Crippen LogP contribution in [0.3, 0.4) is 0 Å². The molecule has 1 heterocycles. The topological polar surface area (TPSA) is 29.9 Å². The molecule has 1 N–H and O–H groups in total. The molecule has 0 atom stereocenters. The lowest BCUT2D eigenvalue weighted by Crippen LogP contribution is -2.16. The predicted molar refractivity (Wildman–Crippen MR) is 90.7 cm³/mol. The molecule has 0 bridgehead atoms. The van der Waals surface area contributed by atoms with E-state index in [4.69, 9.17) is 34.8 Å². The van der Waals surface area contributed by atoms with Gasteiger partial charge >= 0.3 is 0 Å². The van der Waals surface area contributed by atoms with Crippen LogP contribution in [-0.4, -0.2) is 9.78 Å². The Morgan fingerprint density at radius 1 is 1.10 bits per heavy atom. The number of halogens is 3. The zero-order valence-corrected chi connectivity index (χ0v) is 14.7. The molecule has 21 heavy (non-hydrogen) atoms. The summed E-state index contributed by atoms with van der Waals surface area (Å²) in [6.45, 7) is 7.05. The van der Waals surface area contributed by atoms with Crippen molar-refractivity contribution in [3.63, 3.8) is 0 Å². The molecular formula is C15H18Cl3N3. The number of aromatic nitrogens is 2. The molecule has 0 aliphatic carbocycles. The molecular weight excluding hydrogens is 329 g/mol. The summed E-state index contributed by atoms with van der Waals surface area (Å²) in [5, 5.41) is 9.31. The minimum absolute atomic E-state index is 0.0142. The molecule has 1 aromatic heterocycles. The van der Waals surface area contributed by atoms with Gasteiger partial charge < -0.3 is 5.32 Å². The molecule has 0 saturated heterocycles. The molecule has 0 spiro atoms. The minimum atomic E-state index is -0.0142. The van der Waals surface area contributed by atoms with E-state index in [9.17, 15) is 0 Å². The van der Waals surface area contributed by atoms with Crippen molar-refractivity contribution in [3.05, 3.63) is 44.7 Å². The molecule has 0 amide bonds. The molecule has 0 aliphatic rings. The summed E-state index contributed by atoms with van der Waals surface area (Å²) in [4.78, 5) is 0. The van der Waals surface area contributed by atoms with E-state index in [1.54, 1.807) is 12.1 Å². The molecule has 3 nitrogen and oxygen atoms in total. The normalized spacial score (nSPS) is 11.8. The third-order valence-electron chi connectivity index (χ3n) is 3.09. The molecule has 6 heteroatoms. The monoisotopic (exact) mass is 345 g/mol. The maximum absolute atomic E-state index is 6.18. The molecule has 2 aromatic rings. The van der Waals surface area contributed by atoms with Crippen molar-refractivity contribution in [2.24, 2.45) is 7.05 Å². The van der Waals surface area contributed by atoms with Gasteiger partial charge in [-0.15, -0.1) is 0 Å². The van der Waals surface area contributed by atoms with Gasteiger partial charge in [-0.2, -0.15) is 5.10 Å². The van der Waals surface area contributed by atoms with Crippen LogP contribution in [0.4, 0.5) is 5.69 Å². The molecule has 114 valence electrons. The van der Waals surface area contributed by atoms with Crippen LogP contribution in [0.2, 0.25) is 15.1 Å². The zero-order valence-electron chi connectivity index (χ0n) is 12.5. The van der Waals surface area contributed by atoms with Gasteiger partial charge in [0.15, 0.2) is 0 Å². The second-order valence-electron chi connectivity index (χ2n) is 6.03. The van der Waals surface area contributed by atoms with Crippen molar-refractivity contribution in [2.45, 2.75) is 32.7 Å². The van der Waals surface area contributed by atoms with Gasteiger partial charge in [0, 0.05) is 30.8 Å². The van der Waals surface area contributed by atoms with E-state index in [-0.39, 0.29) is 5.41 Å². The Morgan fingerprint density at radius 2 is 1.71 bits per heavy atom. The van der Waals surface area contributed by atoms with E-state index in [0.717, 1.165) is 16.9 Å². The second kappa shape index (κ2) is 6.07. The van der Waals surface area contributed by atoms with Crippen molar-refractivity contribution in [1.29, 1.82) is 0 Å². The van der Waals surface area contributed by atoms with E-state index >= 15 is 0 Å². The number of nitrogens with zero attached hydrogens (tertiary/aromatic N) is 2. The fourth-order valence-electron chi connectivity index (χ4n) is 2.15. The van der Waals surface area contributed by atoms with Gasteiger partial charge in [-0.05, 0) is 12.1 Å². The highest BCUT2D eigenvalue weighted by atomic mass is 35.5. The Labute approximate surface area is 140 Å². The van der Waals surface area contributed by atoms with Crippen LogP contribution in [0.15, 0.2) is 18.3 Å². The lowest BCUT2D eigenvalue weighted by Gasteiger charge is -2.18. The summed E-state index contributed by atoms with van der Waals surface area (Å²) in [5.41, 5.74) is 2.94. The van der Waals surface area contributed by atoms with Crippen LogP contribution >= 0.6 is 34.8 Å². The van der Waals surface area contributed by atoms with Crippen molar-refractivity contribution in [1.82, 2.24) is 9.78 Å². The highest BCUT2D eigenvalue weighted by Crippen LogP contribution is 2.33. The minimum Gasteiger partial charge on any atom is -0.380 e. The largest absolute Gasteiger partial charge is 0.380 e. The first-order valence-electron chi connectivity index (χ1n) is 6.60. The third-order valence-corrected chi connectivity index (χ3v) is 4.13. The Bertz CT molecular complexity index is 657. The average Bonchev–Trinajstić information content (AvgIpc) is 2.73. The lowest BCUT2D eigenvalue weighted by molar-refractivity contribution is 0.549. The third kappa shape index (κ3) is 3.85. The predicted octanol–water partition coefficient (Wildman–Crippen LogP) is 5.29. The summed E-state index contributed by atoms with van der Waals surface area (Å²) in [6, 6.07) is 3.38. The van der Waals surface area contributed by atoms with Gasteiger partial charge in [0.05, 0.1) is 26.4 Å². The van der Waals surface area contributed by atoms with E-state index in [1.807, 2.05) is 17.9 Å². The summed E-state index contributed by atoms with van der Waals surface area (Å²) >= 11 is 18.1. The summed E-state index contributed by atoms with van der Waals surface area (Å²) in [6.07, 6.45) is 2.01. The van der Waals surface area contributed by atoms with Gasteiger partial charge in [0.25, 0.3) is 0 Å². The highest BCUT2D eigenvalue weighted by Gasteiger charge is 2.21. The van der Waals surface area contributed by atoms with Gasteiger partial charge in [-0.25, -0.2) is 0 Å². The smallest absolute Gasteiger partial charge is 0.0727 e. The van der Waals surface area contributed by atoms with Crippen molar-refractivity contribution < 1.29 is 0 Å². The number of anilines is 1. The molecule has 0 fully saturated rings. The fraction of sp³-hybridized carbons (Fsp3) is 0.400. The molecule has 0 unspecified atom stereocenters. The van der Waals surface area contributed by atoms with Crippen LogP contribution in [0, 0.1) is 0 Å². The summed E-state index contributed by atoms with van der Waals surface area (Å²) in [5.74, 6) is 0. The quantitative estimate of drug-likeness (QED) is 0.765. The number of hydrogen-bond donors (Lipinski definition) is 1. The lowest BCUT2D eigenvalue weighted by atomic mass is 9.89. The zero-order chi connectivity index (χ0) is 15.8. The van der Waals surface area contributed by atoms with Crippen LogP contribution < -0.4 is 5.32 Å². The molecule has 0 aliphatic heterocycles. The number of benzene rings is 1. The van der Waals surface area contributed by atoms with E-state index in [0.29, 0.717) is 21.6 Å². The van der Waals surface area contributed by atoms with Crippen LogP contribution in [0.1, 0.15) is 32.0 Å². The maximum atomic E-state index is 6.18.